The van der Waals surface area contributed by atoms with Crippen molar-refractivity contribution in [3.05, 3.63) is 87.2 Å². The van der Waals surface area contributed by atoms with Gasteiger partial charge in [-0.25, -0.2) is 0 Å². The minimum absolute atomic E-state index is 1.04. The van der Waals surface area contributed by atoms with Crippen molar-refractivity contribution in [1.29, 1.82) is 0 Å². The van der Waals surface area contributed by atoms with Crippen LogP contribution in [-0.2, 0) is 0 Å². The number of hydrogen-bond acceptors (Lipinski definition) is 0. The molecule has 0 saturated heterocycles. The van der Waals surface area contributed by atoms with Gasteiger partial charge in [0.2, 0.25) is 0 Å². The van der Waals surface area contributed by atoms with Gasteiger partial charge in [-0.15, -0.1) is 0 Å². The lowest BCUT2D eigenvalue weighted by molar-refractivity contribution is 1.06. The fourth-order valence-electron chi connectivity index (χ4n) is 3.24. The van der Waals surface area contributed by atoms with Crippen molar-refractivity contribution < 1.29 is 0 Å². The van der Waals surface area contributed by atoms with Gasteiger partial charge in [0.05, 0.1) is 0 Å². The van der Waals surface area contributed by atoms with E-state index in [4.69, 9.17) is 0 Å². The van der Waals surface area contributed by atoms with Crippen molar-refractivity contribution in [3.8, 4) is 0 Å². The zero-order valence-corrected chi connectivity index (χ0v) is 20.0. The summed E-state index contributed by atoms with van der Waals surface area (Å²) in [6.45, 7) is 15.7. The third-order valence-electron chi connectivity index (χ3n) is 5.11. The Hall–Kier alpha value is -1.86. The second kappa shape index (κ2) is 11.0. The molecule has 1 aromatic carbocycles. The van der Waals surface area contributed by atoms with Crippen molar-refractivity contribution in [3.63, 3.8) is 0 Å². The third kappa shape index (κ3) is 5.57. The van der Waals surface area contributed by atoms with Gasteiger partial charge in [0.25, 0.3) is 0 Å². The Balaban J connectivity index is 3.89. The molecule has 0 aliphatic carbocycles. The molecule has 1 heteroatoms. The van der Waals surface area contributed by atoms with E-state index in [-0.39, 0.29) is 0 Å². The van der Waals surface area contributed by atoms with Crippen LogP contribution in [0.25, 0.3) is 5.57 Å². The van der Waals surface area contributed by atoms with Crippen molar-refractivity contribution in [1.82, 2.24) is 0 Å². The van der Waals surface area contributed by atoms with Crippen LogP contribution in [0, 0.1) is 0 Å². The van der Waals surface area contributed by atoms with Crippen LogP contribution in [0.1, 0.15) is 66.9 Å². The van der Waals surface area contributed by atoms with E-state index in [1.165, 1.54) is 44.2 Å². The quantitative estimate of drug-likeness (QED) is 0.370. The van der Waals surface area contributed by atoms with Crippen LogP contribution in [0.2, 0.25) is 0 Å². The molecule has 26 heavy (non-hydrogen) atoms. The molecular weight excluding hydrogens is 328 g/mol. The first-order chi connectivity index (χ1) is 12.4. The zero-order valence-electron chi connectivity index (χ0n) is 18.0. The van der Waals surface area contributed by atoms with Crippen molar-refractivity contribution in [2.24, 2.45) is 0 Å². The standard InChI is InChI=1S/C25H36Si/c1-8-11-15-21(10-3)24(25(26)20(7)19(6)9-2)23(18(4)5)22-16-13-12-14-17-22/h8,11-17H,9-10H2,1-7,26H3/b11-8-,20-19+,21-15+,25-24-. The van der Waals surface area contributed by atoms with Gasteiger partial charge in [-0.05, 0) is 69.7 Å². The first-order valence-corrected chi connectivity index (χ1v) is 10.8. The highest BCUT2D eigenvalue weighted by Crippen LogP contribution is 2.37. The van der Waals surface area contributed by atoms with Crippen LogP contribution in [0.4, 0.5) is 0 Å². The lowest BCUT2D eigenvalue weighted by atomic mass is 9.86. The molecule has 1 rings (SSSR count). The average Bonchev–Trinajstić information content (AvgIpc) is 2.66. The molecule has 0 bridgehead atoms. The molecule has 140 valence electrons. The summed E-state index contributed by atoms with van der Waals surface area (Å²) in [4.78, 5) is 0. The van der Waals surface area contributed by atoms with Crippen molar-refractivity contribution in [2.45, 2.75) is 61.3 Å². The van der Waals surface area contributed by atoms with Crippen LogP contribution < -0.4 is 0 Å². The summed E-state index contributed by atoms with van der Waals surface area (Å²) in [7, 11) is 1.04. The third-order valence-corrected chi connectivity index (χ3v) is 6.36. The molecule has 0 atom stereocenters. The summed E-state index contributed by atoms with van der Waals surface area (Å²) >= 11 is 0. The number of rotatable bonds is 7. The van der Waals surface area contributed by atoms with Gasteiger partial charge < -0.3 is 0 Å². The van der Waals surface area contributed by atoms with Crippen LogP contribution in [0.3, 0.4) is 0 Å². The Labute approximate surface area is 164 Å². The Bertz CT molecular complexity index is 749. The Morgan fingerprint density at radius 2 is 1.58 bits per heavy atom. The van der Waals surface area contributed by atoms with Gasteiger partial charge in [0.1, 0.15) is 0 Å². The van der Waals surface area contributed by atoms with E-state index in [1.807, 2.05) is 0 Å². The molecule has 0 aromatic heterocycles. The SMILES string of the molecule is C\C=C/C=C(CC)/C(C(=C(C)C)c1ccccc1)=C([SiH3])\C(C)=C(/C)CC. The van der Waals surface area contributed by atoms with Gasteiger partial charge in [-0.1, -0.05) is 84.3 Å². The molecule has 0 aliphatic rings. The van der Waals surface area contributed by atoms with Crippen LogP contribution in [-0.4, -0.2) is 10.2 Å². The molecule has 1 aromatic rings. The maximum absolute atomic E-state index is 2.30. The molecule has 0 radical (unpaired) electrons. The largest absolute Gasteiger partial charge is 0.0877 e. The Morgan fingerprint density at radius 1 is 0.962 bits per heavy atom. The van der Waals surface area contributed by atoms with E-state index in [2.05, 4.69) is 97.0 Å². The topological polar surface area (TPSA) is 0 Å². The number of benzene rings is 1. The van der Waals surface area contributed by atoms with Gasteiger partial charge in [0.15, 0.2) is 0 Å². The first-order valence-electron chi connectivity index (χ1n) is 9.81. The van der Waals surface area contributed by atoms with Gasteiger partial charge >= 0.3 is 0 Å². The Morgan fingerprint density at radius 3 is 2.04 bits per heavy atom. The minimum atomic E-state index is 1.04. The number of allylic oxidation sites excluding steroid dienone is 10. The fraction of sp³-hybridized carbons (Fsp3) is 0.360. The molecule has 0 heterocycles. The molecular formula is C25H36Si. The van der Waals surface area contributed by atoms with Gasteiger partial charge in [-0.2, -0.15) is 0 Å². The smallest absolute Gasteiger partial charge is 0.0396 e. The summed E-state index contributed by atoms with van der Waals surface area (Å²) in [5, 5.41) is 1.53. The normalized spacial score (nSPS) is 14.3. The molecule has 0 N–H and O–H groups in total. The summed E-state index contributed by atoms with van der Waals surface area (Å²) in [5.41, 5.74) is 9.94. The predicted molar refractivity (Wildman–Crippen MR) is 124 cm³/mol. The summed E-state index contributed by atoms with van der Waals surface area (Å²) in [6, 6.07) is 10.9. The molecule has 0 saturated carbocycles. The van der Waals surface area contributed by atoms with Gasteiger partial charge in [0, 0.05) is 10.2 Å². The highest BCUT2D eigenvalue weighted by Gasteiger charge is 2.17. The van der Waals surface area contributed by atoms with Crippen LogP contribution in [0.15, 0.2) is 81.6 Å². The van der Waals surface area contributed by atoms with E-state index in [9.17, 15) is 0 Å². The zero-order chi connectivity index (χ0) is 19.7. The monoisotopic (exact) mass is 364 g/mol. The average molecular weight is 365 g/mol. The maximum atomic E-state index is 2.30. The maximum Gasteiger partial charge on any atom is 0.0396 e. The lowest BCUT2D eigenvalue weighted by Gasteiger charge is -2.22. The molecule has 0 fully saturated rings. The lowest BCUT2D eigenvalue weighted by Crippen LogP contribution is -2.04. The van der Waals surface area contributed by atoms with E-state index < -0.39 is 0 Å². The Kier molecular flexibility index (Phi) is 9.36. The van der Waals surface area contributed by atoms with Crippen molar-refractivity contribution >= 4 is 15.8 Å². The predicted octanol–water partition coefficient (Wildman–Crippen LogP) is 6.76. The van der Waals surface area contributed by atoms with Crippen LogP contribution in [0.5, 0.6) is 0 Å². The van der Waals surface area contributed by atoms with E-state index in [0.29, 0.717) is 0 Å². The highest BCUT2D eigenvalue weighted by atomic mass is 28.1. The van der Waals surface area contributed by atoms with E-state index in [1.54, 1.807) is 0 Å². The van der Waals surface area contributed by atoms with Crippen molar-refractivity contribution in [2.75, 3.05) is 0 Å². The molecule has 0 amide bonds. The highest BCUT2D eigenvalue weighted by molar-refractivity contribution is 6.26. The molecule has 0 unspecified atom stereocenters. The minimum Gasteiger partial charge on any atom is -0.0877 e. The number of hydrogen-bond donors (Lipinski definition) is 0. The van der Waals surface area contributed by atoms with Gasteiger partial charge in [-0.3, -0.25) is 0 Å². The molecule has 0 aliphatic heterocycles. The van der Waals surface area contributed by atoms with E-state index >= 15 is 0 Å². The molecule has 0 nitrogen and oxygen atoms in total. The fourth-order valence-corrected chi connectivity index (χ4v) is 4.24. The summed E-state index contributed by atoms with van der Waals surface area (Å²) < 4.78 is 0. The van der Waals surface area contributed by atoms with Crippen LogP contribution >= 0.6 is 0 Å². The molecule has 0 spiro atoms. The summed E-state index contributed by atoms with van der Waals surface area (Å²) in [5.74, 6) is 0. The van der Waals surface area contributed by atoms with E-state index in [0.717, 1.165) is 23.1 Å². The summed E-state index contributed by atoms with van der Waals surface area (Å²) in [6.07, 6.45) is 8.74. The second-order valence-electron chi connectivity index (χ2n) is 7.07. The second-order valence-corrected chi connectivity index (χ2v) is 8.07. The first kappa shape index (κ1) is 22.2.